The summed E-state index contributed by atoms with van der Waals surface area (Å²) in [5, 5.41) is 0.737. The minimum absolute atomic E-state index is 0.266. The highest BCUT2D eigenvalue weighted by atomic mass is 35.5. The molecule has 0 aromatic heterocycles. The molecular formula is C18H26Cl2O2. The summed E-state index contributed by atoms with van der Waals surface area (Å²) in [6, 6.07) is 5.05. The van der Waals surface area contributed by atoms with E-state index in [1.54, 1.807) is 18.2 Å². The first-order valence-electron chi connectivity index (χ1n) is 8.30. The Morgan fingerprint density at radius 3 is 1.95 bits per heavy atom. The van der Waals surface area contributed by atoms with Crippen LogP contribution in [0.2, 0.25) is 10.0 Å². The molecule has 0 aliphatic carbocycles. The van der Waals surface area contributed by atoms with E-state index in [-0.39, 0.29) is 11.7 Å². The summed E-state index contributed by atoms with van der Waals surface area (Å²) in [7, 11) is 0. The average Bonchev–Trinajstić information content (AvgIpc) is 2.49. The van der Waals surface area contributed by atoms with Crippen LogP contribution in [0.15, 0.2) is 18.2 Å². The Balaban J connectivity index is 2.09. The minimum Gasteiger partial charge on any atom is -0.423 e. The van der Waals surface area contributed by atoms with Crippen LogP contribution < -0.4 is 4.74 Å². The highest BCUT2D eigenvalue weighted by Crippen LogP contribution is 2.32. The van der Waals surface area contributed by atoms with Crippen LogP contribution in [0.5, 0.6) is 5.75 Å². The van der Waals surface area contributed by atoms with Crippen LogP contribution in [-0.2, 0) is 4.79 Å². The van der Waals surface area contributed by atoms with Gasteiger partial charge < -0.3 is 4.74 Å². The number of unbranched alkanes of at least 4 members (excludes halogenated alkanes) is 8. The smallest absolute Gasteiger partial charge is 0.311 e. The zero-order valence-electron chi connectivity index (χ0n) is 13.4. The molecule has 0 N–H and O–H groups in total. The van der Waals surface area contributed by atoms with E-state index in [4.69, 9.17) is 27.9 Å². The fourth-order valence-electron chi connectivity index (χ4n) is 2.32. The largest absolute Gasteiger partial charge is 0.423 e. The van der Waals surface area contributed by atoms with E-state index in [2.05, 4.69) is 6.92 Å². The zero-order chi connectivity index (χ0) is 16.2. The lowest BCUT2D eigenvalue weighted by molar-refractivity contribution is -0.134. The number of halogens is 2. The van der Waals surface area contributed by atoms with E-state index in [0.717, 1.165) is 12.8 Å². The number of rotatable bonds is 11. The SMILES string of the molecule is CCCCCCCCCCCC(=O)Oc1c(Cl)cccc1Cl. The molecule has 0 radical (unpaired) electrons. The second kappa shape index (κ2) is 11.8. The van der Waals surface area contributed by atoms with Crippen LogP contribution in [0, 0.1) is 0 Å². The minimum atomic E-state index is -0.266. The van der Waals surface area contributed by atoms with E-state index >= 15 is 0 Å². The van der Waals surface area contributed by atoms with Gasteiger partial charge in [-0.1, -0.05) is 87.6 Å². The number of esters is 1. The van der Waals surface area contributed by atoms with Crippen molar-refractivity contribution in [1.82, 2.24) is 0 Å². The number of carbonyl (C=O) groups is 1. The van der Waals surface area contributed by atoms with Crippen LogP contribution in [-0.4, -0.2) is 5.97 Å². The number of ether oxygens (including phenoxy) is 1. The van der Waals surface area contributed by atoms with E-state index in [1.807, 2.05) is 0 Å². The maximum atomic E-state index is 11.8. The second-order valence-electron chi connectivity index (χ2n) is 5.60. The molecule has 0 amide bonds. The molecule has 0 saturated carbocycles. The molecule has 0 spiro atoms. The first-order chi connectivity index (χ1) is 10.6. The van der Waals surface area contributed by atoms with Gasteiger partial charge >= 0.3 is 5.97 Å². The van der Waals surface area contributed by atoms with Crippen LogP contribution in [0.3, 0.4) is 0 Å². The zero-order valence-corrected chi connectivity index (χ0v) is 14.9. The van der Waals surface area contributed by atoms with Gasteiger partial charge in [0, 0.05) is 6.42 Å². The van der Waals surface area contributed by atoms with Crippen molar-refractivity contribution in [3.63, 3.8) is 0 Å². The predicted molar refractivity (Wildman–Crippen MR) is 93.9 cm³/mol. The van der Waals surface area contributed by atoms with Crippen LogP contribution in [0.1, 0.15) is 71.1 Å². The lowest BCUT2D eigenvalue weighted by Gasteiger charge is -2.07. The summed E-state index contributed by atoms with van der Waals surface area (Å²) < 4.78 is 5.25. The van der Waals surface area contributed by atoms with Crippen molar-refractivity contribution in [3.8, 4) is 5.75 Å². The molecule has 1 aromatic carbocycles. The highest BCUT2D eigenvalue weighted by Gasteiger charge is 2.11. The fourth-order valence-corrected chi connectivity index (χ4v) is 2.80. The van der Waals surface area contributed by atoms with Crippen LogP contribution in [0.4, 0.5) is 0 Å². The highest BCUT2D eigenvalue weighted by molar-refractivity contribution is 6.37. The fraction of sp³-hybridized carbons (Fsp3) is 0.611. The van der Waals surface area contributed by atoms with E-state index in [9.17, 15) is 4.79 Å². The third-order valence-electron chi connectivity index (χ3n) is 3.62. The standard InChI is InChI=1S/C18H26Cl2O2/c1-2-3-4-5-6-7-8-9-10-14-17(21)22-18-15(19)12-11-13-16(18)20/h11-13H,2-10,14H2,1H3. The van der Waals surface area contributed by atoms with Crippen molar-refractivity contribution in [3.05, 3.63) is 28.2 Å². The monoisotopic (exact) mass is 344 g/mol. The maximum Gasteiger partial charge on any atom is 0.311 e. The molecule has 0 fully saturated rings. The lowest BCUT2D eigenvalue weighted by Crippen LogP contribution is -2.08. The first kappa shape index (κ1) is 19.3. The Morgan fingerprint density at radius 1 is 0.909 bits per heavy atom. The maximum absolute atomic E-state index is 11.8. The second-order valence-corrected chi connectivity index (χ2v) is 6.42. The summed E-state index contributed by atoms with van der Waals surface area (Å²) in [6.07, 6.45) is 11.4. The summed E-state index contributed by atoms with van der Waals surface area (Å²) in [6.45, 7) is 2.23. The number of benzene rings is 1. The molecule has 4 heteroatoms. The van der Waals surface area contributed by atoms with E-state index in [1.165, 1.54) is 44.9 Å². The Kier molecular flexibility index (Phi) is 10.3. The van der Waals surface area contributed by atoms with E-state index in [0.29, 0.717) is 16.5 Å². The molecular weight excluding hydrogens is 319 g/mol. The molecule has 0 heterocycles. The lowest BCUT2D eigenvalue weighted by atomic mass is 10.1. The normalized spacial score (nSPS) is 10.7. The molecule has 0 aliphatic heterocycles. The van der Waals surface area contributed by atoms with Crippen molar-refractivity contribution in [2.45, 2.75) is 71.1 Å². The molecule has 124 valence electrons. The van der Waals surface area contributed by atoms with Gasteiger partial charge in [-0.3, -0.25) is 4.79 Å². The molecule has 2 nitrogen and oxygen atoms in total. The Morgan fingerprint density at radius 2 is 1.41 bits per heavy atom. The van der Waals surface area contributed by atoms with Gasteiger partial charge in [-0.05, 0) is 18.6 Å². The third-order valence-corrected chi connectivity index (χ3v) is 4.21. The van der Waals surface area contributed by atoms with Crippen molar-refractivity contribution in [1.29, 1.82) is 0 Å². The van der Waals surface area contributed by atoms with Gasteiger partial charge in [-0.2, -0.15) is 0 Å². The van der Waals surface area contributed by atoms with Gasteiger partial charge in [0.05, 0.1) is 10.0 Å². The van der Waals surface area contributed by atoms with Gasteiger partial charge in [0.25, 0.3) is 0 Å². The molecule has 1 aromatic rings. The Hall–Kier alpha value is -0.730. The molecule has 0 unspecified atom stereocenters. The van der Waals surface area contributed by atoms with Crippen molar-refractivity contribution in [2.75, 3.05) is 0 Å². The topological polar surface area (TPSA) is 26.3 Å². The number of hydrogen-bond donors (Lipinski definition) is 0. The third kappa shape index (κ3) is 8.05. The van der Waals surface area contributed by atoms with Gasteiger partial charge in [-0.25, -0.2) is 0 Å². The summed E-state index contributed by atoms with van der Waals surface area (Å²) >= 11 is 11.9. The van der Waals surface area contributed by atoms with Crippen LogP contribution >= 0.6 is 23.2 Å². The van der Waals surface area contributed by atoms with Gasteiger partial charge in [-0.15, -0.1) is 0 Å². The van der Waals surface area contributed by atoms with Crippen molar-refractivity contribution in [2.24, 2.45) is 0 Å². The van der Waals surface area contributed by atoms with Crippen molar-refractivity contribution < 1.29 is 9.53 Å². The predicted octanol–water partition coefficient (Wildman–Crippen LogP) is 6.82. The summed E-state index contributed by atoms with van der Waals surface area (Å²) in [5.74, 6) is 0.00435. The molecule has 0 bridgehead atoms. The summed E-state index contributed by atoms with van der Waals surface area (Å²) in [5.41, 5.74) is 0. The number of hydrogen-bond acceptors (Lipinski definition) is 2. The average molecular weight is 345 g/mol. The number of para-hydroxylation sites is 1. The van der Waals surface area contributed by atoms with Gasteiger partial charge in [0.15, 0.2) is 5.75 Å². The number of carbonyl (C=O) groups excluding carboxylic acids is 1. The van der Waals surface area contributed by atoms with Crippen molar-refractivity contribution >= 4 is 29.2 Å². The molecule has 0 saturated heterocycles. The van der Waals surface area contributed by atoms with Gasteiger partial charge in [0.1, 0.15) is 0 Å². The first-order valence-corrected chi connectivity index (χ1v) is 9.05. The Bertz CT molecular complexity index is 426. The molecule has 0 aliphatic rings. The summed E-state index contributed by atoms with van der Waals surface area (Å²) in [4.78, 5) is 11.8. The molecule has 0 atom stereocenters. The van der Waals surface area contributed by atoms with E-state index < -0.39 is 0 Å². The Labute approximate surface area is 144 Å². The quantitative estimate of drug-likeness (QED) is 0.250. The molecule has 1 rings (SSSR count). The molecule has 22 heavy (non-hydrogen) atoms. The van der Waals surface area contributed by atoms with Crippen LogP contribution in [0.25, 0.3) is 0 Å². The van der Waals surface area contributed by atoms with Gasteiger partial charge in [0.2, 0.25) is 0 Å².